The Labute approximate surface area is 118 Å². The number of hydrogen-bond donors (Lipinski definition) is 2. The number of nitrogens with zero attached hydrogens (tertiary/aromatic N) is 1. The fraction of sp³-hybridized carbons (Fsp3) is 0.118. The van der Waals surface area contributed by atoms with Gasteiger partial charge >= 0.3 is 0 Å². The lowest BCUT2D eigenvalue weighted by Gasteiger charge is -2.00. The molecule has 100 valence electrons. The van der Waals surface area contributed by atoms with Crippen molar-refractivity contribution in [1.82, 2.24) is 10.4 Å². The number of rotatable bonds is 4. The zero-order valence-corrected chi connectivity index (χ0v) is 11.4. The van der Waals surface area contributed by atoms with Gasteiger partial charge in [-0.2, -0.15) is 5.10 Å². The number of aromatic nitrogens is 1. The van der Waals surface area contributed by atoms with Gasteiger partial charge in [-0.3, -0.25) is 0 Å². The van der Waals surface area contributed by atoms with Crippen LogP contribution in [0.1, 0.15) is 16.8 Å². The van der Waals surface area contributed by atoms with E-state index in [2.05, 4.69) is 46.7 Å². The van der Waals surface area contributed by atoms with Crippen LogP contribution in [0.25, 0.3) is 10.9 Å². The molecule has 2 aromatic carbocycles. The molecule has 3 nitrogen and oxygen atoms in total. The van der Waals surface area contributed by atoms with Gasteiger partial charge in [0.15, 0.2) is 0 Å². The van der Waals surface area contributed by atoms with Crippen LogP contribution in [-0.2, 0) is 6.54 Å². The third-order valence-corrected chi connectivity index (χ3v) is 3.35. The summed E-state index contributed by atoms with van der Waals surface area (Å²) in [4.78, 5) is 3.37. The number of nitrogens with one attached hydrogen (secondary N) is 2. The van der Waals surface area contributed by atoms with Gasteiger partial charge in [-0.25, -0.2) is 0 Å². The lowest BCUT2D eigenvalue weighted by atomic mass is 10.1. The minimum absolute atomic E-state index is 0.735. The average Bonchev–Trinajstić information content (AvgIpc) is 2.80. The molecule has 0 radical (unpaired) electrons. The van der Waals surface area contributed by atoms with Gasteiger partial charge in [0.05, 0.1) is 12.8 Å². The predicted octanol–water partition coefficient (Wildman–Crippen LogP) is 3.60. The van der Waals surface area contributed by atoms with E-state index in [-0.39, 0.29) is 0 Å². The van der Waals surface area contributed by atoms with E-state index in [0.29, 0.717) is 0 Å². The molecular formula is C17H17N3. The lowest BCUT2D eigenvalue weighted by Crippen LogP contribution is -2.05. The molecule has 1 heterocycles. The second kappa shape index (κ2) is 5.61. The molecule has 0 atom stereocenters. The Balaban J connectivity index is 1.73. The maximum atomic E-state index is 4.33. The van der Waals surface area contributed by atoms with Crippen molar-refractivity contribution in [3.8, 4) is 0 Å². The van der Waals surface area contributed by atoms with Gasteiger partial charge in [0.2, 0.25) is 0 Å². The highest BCUT2D eigenvalue weighted by atomic mass is 15.3. The van der Waals surface area contributed by atoms with Crippen LogP contribution in [0.2, 0.25) is 0 Å². The van der Waals surface area contributed by atoms with Gasteiger partial charge in [0.1, 0.15) is 0 Å². The molecule has 0 aliphatic carbocycles. The molecule has 1 aromatic heterocycles. The summed E-state index contributed by atoms with van der Waals surface area (Å²) >= 11 is 0. The van der Waals surface area contributed by atoms with E-state index in [1.54, 1.807) is 0 Å². The Morgan fingerprint density at radius 3 is 2.65 bits per heavy atom. The van der Waals surface area contributed by atoms with E-state index in [9.17, 15) is 0 Å². The Morgan fingerprint density at radius 2 is 1.80 bits per heavy atom. The van der Waals surface area contributed by atoms with Crippen LogP contribution in [0.5, 0.6) is 0 Å². The zero-order valence-electron chi connectivity index (χ0n) is 11.4. The molecule has 0 saturated heterocycles. The first-order valence-electron chi connectivity index (χ1n) is 6.72. The Kier molecular flexibility index (Phi) is 3.50. The molecule has 3 heteroatoms. The van der Waals surface area contributed by atoms with Gasteiger partial charge in [-0.05, 0) is 18.6 Å². The monoisotopic (exact) mass is 263 g/mol. The molecule has 0 unspecified atom stereocenters. The number of fused-ring (bicyclic) bond motifs is 1. The van der Waals surface area contributed by atoms with E-state index >= 15 is 0 Å². The molecule has 3 rings (SSSR count). The van der Waals surface area contributed by atoms with Crippen molar-refractivity contribution in [1.29, 1.82) is 0 Å². The summed E-state index contributed by atoms with van der Waals surface area (Å²) in [7, 11) is 0. The molecule has 2 N–H and O–H groups in total. The number of aromatic amines is 1. The fourth-order valence-electron chi connectivity index (χ4n) is 2.31. The number of H-pyrrole nitrogens is 1. The van der Waals surface area contributed by atoms with E-state index in [0.717, 1.165) is 23.3 Å². The van der Waals surface area contributed by atoms with E-state index in [4.69, 9.17) is 0 Å². The van der Waals surface area contributed by atoms with Crippen molar-refractivity contribution in [3.63, 3.8) is 0 Å². The van der Waals surface area contributed by atoms with Crippen LogP contribution in [-0.4, -0.2) is 11.2 Å². The number of para-hydroxylation sites is 1. The normalized spacial score (nSPS) is 11.2. The maximum Gasteiger partial charge on any atom is 0.0580 e. The number of aryl methyl sites for hydroxylation is 1. The Hall–Kier alpha value is -2.55. The topological polar surface area (TPSA) is 40.2 Å². The summed E-state index contributed by atoms with van der Waals surface area (Å²) in [6.07, 6.45) is 1.89. The van der Waals surface area contributed by atoms with Crippen LogP contribution >= 0.6 is 0 Å². The molecule has 0 amide bonds. The van der Waals surface area contributed by atoms with Crippen LogP contribution in [0.4, 0.5) is 0 Å². The average molecular weight is 263 g/mol. The smallest absolute Gasteiger partial charge is 0.0580 e. The molecule has 0 aliphatic heterocycles. The quantitative estimate of drug-likeness (QED) is 0.548. The standard InChI is InChI=1S/C17H17N3/c1-13-16(15-9-5-6-10-17(15)20-13)12-19-18-11-14-7-3-2-4-8-14/h2-10,12,18,20H,11H2,1H3/b19-12+. The summed E-state index contributed by atoms with van der Waals surface area (Å²) < 4.78 is 0. The summed E-state index contributed by atoms with van der Waals surface area (Å²) in [5.41, 5.74) is 7.73. The second-order valence-corrected chi connectivity index (χ2v) is 4.79. The van der Waals surface area contributed by atoms with Crippen LogP contribution in [0, 0.1) is 6.92 Å². The van der Waals surface area contributed by atoms with Crippen LogP contribution in [0.15, 0.2) is 59.7 Å². The van der Waals surface area contributed by atoms with Crippen molar-refractivity contribution in [2.45, 2.75) is 13.5 Å². The fourth-order valence-corrected chi connectivity index (χ4v) is 2.31. The number of hydrogen-bond acceptors (Lipinski definition) is 2. The molecule has 3 aromatic rings. The highest BCUT2D eigenvalue weighted by molar-refractivity contribution is 6.00. The van der Waals surface area contributed by atoms with Gasteiger partial charge in [-0.1, -0.05) is 48.5 Å². The molecular weight excluding hydrogens is 246 g/mol. The third-order valence-electron chi connectivity index (χ3n) is 3.35. The Morgan fingerprint density at radius 1 is 1.05 bits per heavy atom. The van der Waals surface area contributed by atoms with E-state index < -0.39 is 0 Å². The van der Waals surface area contributed by atoms with Crippen LogP contribution in [0.3, 0.4) is 0 Å². The van der Waals surface area contributed by atoms with E-state index in [1.807, 2.05) is 36.5 Å². The van der Waals surface area contributed by atoms with Gasteiger partial charge in [0.25, 0.3) is 0 Å². The van der Waals surface area contributed by atoms with Gasteiger partial charge in [-0.15, -0.1) is 0 Å². The molecule has 0 bridgehead atoms. The highest BCUT2D eigenvalue weighted by Crippen LogP contribution is 2.19. The lowest BCUT2D eigenvalue weighted by molar-refractivity contribution is 0.748. The molecule has 0 spiro atoms. The summed E-state index contributed by atoms with van der Waals surface area (Å²) in [6, 6.07) is 18.5. The first kappa shape index (κ1) is 12.5. The minimum Gasteiger partial charge on any atom is -0.358 e. The van der Waals surface area contributed by atoms with Gasteiger partial charge < -0.3 is 10.4 Å². The summed E-state index contributed by atoms with van der Waals surface area (Å²) in [5, 5.41) is 5.53. The second-order valence-electron chi connectivity index (χ2n) is 4.79. The number of benzene rings is 2. The SMILES string of the molecule is Cc1[nH]c2ccccc2c1/C=N/NCc1ccccc1. The maximum absolute atomic E-state index is 4.33. The van der Waals surface area contributed by atoms with E-state index in [1.165, 1.54) is 10.9 Å². The van der Waals surface area contributed by atoms with Crippen molar-refractivity contribution < 1.29 is 0 Å². The van der Waals surface area contributed by atoms with Gasteiger partial charge in [0, 0.05) is 22.2 Å². The van der Waals surface area contributed by atoms with Crippen molar-refractivity contribution in [2.75, 3.05) is 0 Å². The molecule has 0 saturated carbocycles. The third kappa shape index (κ3) is 2.57. The number of hydrazone groups is 1. The summed E-state index contributed by atoms with van der Waals surface area (Å²) in [6.45, 7) is 2.80. The largest absolute Gasteiger partial charge is 0.358 e. The molecule has 20 heavy (non-hydrogen) atoms. The first-order chi connectivity index (χ1) is 9.84. The Bertz CT molecular complexity index is 726. The van der Waals surface area contributed by atoms with Crippen molar-refractivity contribution in [2.24, 2.45) is 5.10 Å². The highest BCUT2D eigenvalue weighted by Gasteiger charge is 2.04. The van der Waals surface area contributed by atoms with Crippen molar-refractivity contribution in [3.05, 3.63) is 71.4 Å². The first-order valence-corrected chi connectivity index (χ1v) is 6.72. The summed E-state index contributed by atoms with van der Waals surface area (Å²) in [5.74, 6) is 0. The van der Waals surface area contributed by atoms with Crippen LogP contribution < -0.4 is 5.43 Å². The van der Waals surface area contributed by atoms with Crippen molar-refractivity contribution >= 4 is 17.1 Å². The zero-order chi connectivity index (χ0) is 13.8. The minimum atomic E-state index is 0.735. The predicted molar refractivity (Wildman–Crippen MR) is 83.9 cm³/mol. The molecule has 0 fully saturated rings. The molecule has 0 aliphatic rings.